The Labute approximate surface area is 175 Å². The van der Waals surface area contributed by atoms with Crippen molar-refractivity contribution in [2.24, 2.45) is 7.05 Å². The second-order valence-electron chi connectivity index (χ2n) is 6.59. The number of benzene rings is 2. The summed E-state index contributed by atoms with van der Waals surface area (Å²) in [5, 5.41) is 1.19. The van der Waals surface area contributed by atoms with Crippen LogP contribution in [-0.4, -0.2) is 20.8 Å². The zero-order valence-corrected chi connectivity index (χ0v) is 18.1. The van der Waals surface area contributed by atoms with Gasteiger partial charge in [-0.15, -0.1) is 0 Å². The largest absolute Gasteiger partial charge is 0.290 e. The Morgan fingerprint density at radius 1 is 0.964 bits per heavy atom. The zero-order valence-electron chi connectivity index (χ0n) is 15.7. The highest BCUT2D eigenvalue weighted by molar-refractivity contribution is 9.10. The van der Waals surface area contributed by atoms with Gasteiger partial charge >= 0.3 is 0 Å². The van der Waals surface area contributed by atoms with Crippen molar-refractivity contribution < 1.29 is 0 Å². The Morgan fingerprint density at radius 2 is 1.61 bits per heavy atom. The second kappa shape index (κ2) is 7.53. The van der Waals surface area contributed by atoms with E-state index < -0.39 is 0 Å². The minimum Gasteiger partial charge on any atom is -0.290 e. The van der Waals surface area contributed by atoms with Crippen LogP contribution in [0, 0.1) is 6.92 Å². The highest BCUT2D eigenvalue weighted by Crippen LogP contribution is 2.31. The minimum atomic E-state index is -0.0835. The normalized spacial score (nSPS) is 11.1. The van der Waals surface area contributed by atoms with Crippen LogP contribution in [0.1, 0.15) is 5.56 Å². The topological polar surface area (TPSA) is 47.8 Å². The summed E-state index contributed by atoms with van der Waals surface area (Å²) in [5.74, 6) is 0. The lowest BCUT2D eigenvalue weighted by Gasteiger charge is -2.12. The lowest BCUT2D eigenvalue weighted by molar-refractivity contribution is 0.725. The standard InChI is InChI=1S/C22H18BrN3OS/c1-13-4-6-14(7-5-13)17-12-18(15-8-10-16(23)11-9-15)24-20-19(17)21(27)26(2)22(25-20)28-3/h4-12H,1-3H3. The van der Waals surface area contributed by atoms with Gasteiger partial charge < -0.3 is 0 Å². The van der Waals surface area contributed by atoms with Gasteiger partial charge in [-0.1, -0.05) is 69.7 Å². The molecule has 0 N–H and O–H groups in total. The molecule has 140 valence electrons. The Morgan fingerprint density at radius 3 is 2.25 bits per heavy atom. The van der Waals surface area contributed by atoms with E-state index in [1.807, 2.05) is 55.6 Å². The van der Waals surface area contributed by atoms with Crippen LogP contribution in [0.3, 0.4) is 0 Å². The summed E-state index contributed by atoms with van der Waals surface area (Å²) in [4.78, 5) is 22.5. The Balaban J connectivity index is 2.08. The van der Waals surface area contributed by atoms with Crippen molar-refractivity contribution in [3.05, 3.63) is 75.0 Å². The van der Waals surface area contributed by atoms with Gasteiger partial charge in [0.15, 0.2) is 10.8 Å². The predicted molar refractivity (Wildman–Crippen MR) is 120 cm³/mol. The average molecular weight is 452 g/mol. The number of hydrogen-bond donors (Lipinski definition) is 0. The first-order chi connectivity index (χ1) is 13.5. The highest BCUT2D eigenvalue weighted by atomic mass is 79.9. The molecule has 0 bridgehead atoms. The van der Waals surface area contributed by atoms with Gasteiger partial charge in [-0.2, -0.15) is 0 Å². The molecule has 4 nitrogen and oxygen atoms in total. The number of aromatic nitrogens is 3. The van der Waals surface area contributed by atoms with E-state index in [1.165, 1.54) is 17.3 Å². The minimum absolute atomic E-state index is 0.0835. The van der Waals surface area contributed by atoms with E-state index in [4.69, 9.17) is 4.98 Å². The van der Waals surface area contributed by atoms with Crippen LogP contribution < -0.4 is 5.56 Å². The van der Waals surface area contributed by atoms with Crippen molar-refractivity contribution in [3.63, 3.8) is 0 Å². The molecule has 0 aliphatic rings. The van der Waals surface area contributed by atoms with Gasteiger partial charge in [0.1, 0.15) is 0 Å². The Kier molecular flexibility index (Phi) is 5.08. The van der Waals surface area contributed by atoms with Crippen molar-refractivity contribution >= 4 is 38.7 Å². The summed E-state index contributed by atoms with van der Waals surface area (Å²) in [7, 11) is 1.75. The lowest BCUT2D eigenvalue weighted by atomic mass is 9.99. The van der Waals surface area contributed by atoms with Crippen LogP contribution in [0.2, 0.25) is 0 Å². The van der Waals surface area contributed by atoms with Crippen LogP contribution in [0.15, 0.2) is 69.0 Å². The third-order valence-electron chi connectivity index (χ3n) is 4.69. The average Bonchev–Trinajstić information content (AvgIpc) is 2.71. The molecule has 2 aromatic carbocycles. The van der Waals surface area contributed by atoms with Gasteiger partial charge in [0, 0.05) is 22.6 Å². The van der Waals surface area contributed by atoms with Crippen molar-refractivity contribution in [1.82, 2.24) is 14.5 Å². The molecule has 4 rings (SSSR count). The third kappa shape index (κ3) is 3.38. The van der Waals surface area contributed by atoms with Crippen LogP contribution in [0.4, 0.5) is 0 Å². The van der Waals surface area contributed by atoms with E-state index in [1.54, 1.807) is 11.6 Å². The third-order valence-corrected chi connectivity index (χ3v) is 5.95. The number of nitrogens with zero attached hydrogens (tertiary/aromatic N) is 3. The van der Waals surface area contributed by atoms with Crippen molar-refractivity contribution in [2.75, 3.05) is 6.26 Å². The highest BCUT2D eigenvalue weighted by Gasteiger charge is 2.16. The van der Waals surface area contributed by atoms with E-state index in [0.717, 1.165) is 26.9 Å². The molecule has 2 heterocycles. The number of rotatable bonds is 3. The number of fused-ring (bicyclic) bond motifs is 1. The molecule has 0 radical (unpaired) electrons. The van der Waals surface area contributed by atoms with Crippen LogP contribution >= 0.6 is 27.7 Å². The first-order valence-corrected chi connectivity index (χ1v) is 10.8. The fourth-order valence-corrected chi connectivity index (χ4v) is 3.95. The molecule has 0 amide bonds. The van der Waals surface area contributed by atoms with Gasteiger partial charge in [-0.25, -0.2) is 9.97 Å². The van der Waals surface area contributed by atoms with E-state index in [-0.39, 0.29) is 5.56 Å². The van der Waals surface area contributed by atoms with Gasteiger partial charge in [0.05, 0.1) is 11.1 Å². The predicted octanol–water partition coefficient (Wildman–Crippen LogP) is 5.46. The summed E-state index contributed by atoms with van der Waals surface area (Å²) >= 11 is 4.91. The molecule has 0 fully saturated rings. The fraction of sp³-hybridized carbons (Fsp3) is 0.136. The summed E-state index contributed by atoms with van der Waals surface area (Å²) in [6, 6.07) is 18.1. The molecule has 0 aliphatic carbocycles. The zero-order chi connectivity index (χ0) is 19.8. The van der Waals surface area contributed by atoms with Gasteiger partial charge in [0.2, 0.25) is 0 Å². The van der Waals surface area contributed by atoms with Crippen molar-refractivity contribution in [1.29, 1.82) is 0 Å². The maximum absolute atomic E-state index is 13.1. The lowest BCUT2D eigenvalue weighted by Crippen LogP contribution is -2.21. The molecule has 6 heteroatoms. The Hall–Kier alpha value is -2.44. The molecule has 0 spiro atoms. The summed E-state index contributed by atoms with van der Waals surface area (Å²) in [6.07, 6.45) is 1.91. The van der Waals surface area contributed by atoms with Crippen molar-refractivity contribution in [3.8, 4) is 22.4 Å². The Bertz CT molecular complexity index is 1230. The molecular formula is C22H18BrN3OS. The summed E-state index contributed by atoms with van der Waals surface area (Å²) in [5.41, 5.74) is 5.17. The molecule has 4 aromatic rings. The number of halogens is 1. The summed E-state index contributed by atoms with van der Waals surface area (Å²) in [6.45, 7) is 2.05. The molecule has 0 unspecified atom stereocenters. The van der Waals surface area contributed by atoms with Crippen LogP contribution in [0.25, 0.3) is 33.4 Å². The smallest absolute Gasteiger partial charge is 0.264 e. The van der Waals surface area contributed by atoms with Gasteiger partial charge in [0.25, 0.3) is 5.56 Å². The maximum Gasteiger partial charge on any atom is 0.264 e. The molecule has 0 saturated carbocycles. The number of pyridine rings is 1. The fourth-order valence-electron chi connectivity index (χ4n) is 3.16. The first-order valence-electron chi connectivity index (χ1n) is 8.76. The van der Waals surface area contributed by atoms with Crippen LogP contribution in [-0.2, 0) is 7.05 Å². The molecule has 28 heavy (non-hydrogen) atoms. The SMILES string of the molecule is CSc1nc2nc(-c3ccc(Br)cc3)cc(-c3ccc(C)cc3)c2c(=O)n1C. The molecule has 0 atom stereocenters. The first kappa shape index (κ1) is 18.9. The molecular weight excluding hydrogens is 434 g/mol. The molecule has 2 aromatic heterocycles. The number of thioether (sulfide) groups is 1. The van der Waals surface area contributed by atoms with E-state index in [2.05, 4.69) is 33.0 Å². The monoisotopic (exact) mass is 451 g/mol. The number of aryl methyl sites for hydroxylation is 1. The van der Waals surface area contributed by atoms with E-state index >= 15 is 0 Å². The van der Waals surface area contributed by atoms with Crippen molar-refractivity contribution in [2.45, 2.75) is 12.1 Å². The van der Waals surface area contributed by atoms with E-state index in [9.17, 15) is 4.79 Å². The number of hydrogen-bond acceptors (Lipinski definition) is 4. The molecule has 0 saturated heterocycles. The quantitative estimate of drug-likeness (QED) is 0.306. The van der Waals surface area contributed by atoms with E-state index in [0.29, 0.717) is 16.2 Å². The van der Waals surface area contributed by atoms with Gasteiger partial charge in [-0.3, -0.25) is 9.36 Å². The summed E-state index contributed by atoms with van der Waals surface area (Å²) < 4.78 is 2.60. The van der Waals surface area contributed by atoms with Gasteiger partial charge in [-0.05, 0) is 36.9 Å². The maximum atomic E-state index is 13.1. The second-order valence-corrected chi connectivity index (χ2v) is 8.28. The molecule has 0 aliphatic heterocycles. The van der Waals surface area contributed by atoms with Crippen LogP contribution in [0.5, 0.6) is 0 Å².